The summed E-state index contributed by atoms with van der Waals surface area (Å²) in [7, 11) is 0. The normalized spacial score (nSPS) is 10.4. The lowest BCUT2D eigenvalue weighted by Gasteiger charge is -2.07. The molecule has 0 saturated carbocycles. The largest absolute Gasteiger partial charge is 0.459 e. The van der Waals surface area contributed by atoms with Crippen molar-refractivity contribution in [3.8, 4) is 5.82 Å². The quantitative estimate of drug-likeness (QED) is 0.641. The maximum absolute atomic E-state index is 11.9. The third kappa shape index (κ3) is 4.54. The Morgan fingerprint density at radius 3 is 2.84 bits per heavy atom. The van der Waals surface area contributed by atoms with E-state index in [9.17, 15) is 9.59 Å². The molecule has 0 aliphatic carbocycles. The van der Waals surface area contributed by atoms with Gasteiger partial charge >= 0.3 is 0 Å². The Hall–Kier alpha value is -3.42. The van der Waals surface area contributed by atoms with Gasteiger partial charge in [0.05, 0.1) is 18.1 Å². The molecule has 0 aliphatic rings. The number of nitrogens with zero attached hydrogens (tertiary/aromatic N) is 3. The van der Waals surface area contributed by atoms with E-state index < -0.39 is 0 Å². The molecule has 0 fully saturated rings. The Labute approximate surface area is 143 Å². The van der Waals surface area contributed by atoms with Crippen LogP contribution in [0.15, 0.2) is 59.9 Å². The fourth-order valence-electron chi connectivity index (χ4n) is 2.18. The van der Waals surface area contributed by atoms with Gasteiger partial charge in [0.2, 0.25) is 5.91 Å². The lowest BCUT2D eigenvalue weighted by atomic mass is 10.2. The number of furan rings is 1. The highest BCUT2D eigenvalue weighted by Crippen LogP contribution is 2.10. The van der Waals surface area contributed by atoms with E-state index in [1.54, 1.807) is 53.8 Å². The van der Waals surface area contributed by atoms with Crippen LogP contribution in [0.5, 0.6) is 0 Å². The summed E-state index contributed by atoms with van der Waals surface area (Å²) >= 11 is 0. The smallest absolute Gasteiger partial charge is 0.286 e. The van der Waals surface area contributed by atoms with Crippen molar-refractivity contribution < 1.29 is 14.0 Å². The number of rotatable bonds is 7. The van der Waals surface area contributed by atoms with E-state index in [0.29, 0.717) is 25.1 Å². The fourth-order valence-corrected chi connectivity index (χ4v) is 2.18. The molecule has 2 N–H and O–H groups in total. The molecule has 0 saturated heterocycles. The molecule has 2 amide bonds. The molecule has 25 heavy (non-hydrogen) atoms. The number of nitrogens with one attached hydrogen (secondary N) is 2. The van der Waals surface area contributed by atoms with Crippen LogP contribution in [-0.2, 0) is 4.79 Å². The molecular weight excluding hydrogens is 322 g/mol. The van der Waals surface area contributed by atoms with Crippen molar-refractivity contribution in [2.75, 3.05) is 11.9 Å². The second-order valence-corrected chi connectivity index (χ2v) is 5.26. The van der Waals surface area contributed by atoms with Gasteiger partial charge in [0.15, 0.2) is 5.76 Å². The molecule has 3 aromatic heterocycles. The van der Waals surface area contributed by atoms with Crippen LogP contribution in [0.1, 0.15) is 23.4 Å². The molecule has 0 unspecified atom stereocenters. The molecule has 0 spiro atoms. The first-order valence-corrected chi connectivity index (χ1v) is 7.78. The molecule has 0 aliphatic heterocycles. The number of aromatic nitrogens is 3. The van der Waals surface area contributed by atoms with Crippen molar-refractivity contribution in [1.82, 2.24) is 19.9 Å². The van der Waals surface area contributed by atoms with Crippen LogP contribution in [0.25, 0.3) is 5.82 Å². The van der Waals surface area contributed by atoms with Crippen LogP contribution >= 0.6 is 0 Å². The van der Waals surface area contributed by atoms with Gasteiger partial charge < -0.3 is 15.1 Å². The summed E-state index contributed by atoms with van der Waals surface area (Å²) in [6.45, 7) is 0.394. The minimum Gasteiger partial charge on any atom is -0.459 e. The number of carbonyl (C=O) groups excluding carboxylic acids is 2. The average molecular weight is 339 g/mol. The second kappa shape index (κ2) is 7.91. The number of carbonyl (C=O) groups is 2. The van der Waals surface area contributed by atoms with Gasteiger partial charge in [0.25, 0.3) is 5.91 Å². The minimum absolute atomic E-state index is 0.135. The average Bonchev–Trinajstić information content (AvgIpc) is 3.32. The Balaban J connectivity index is 1.40. The van der Waals surface area contributed by atoms with Crippen LogP contribution in [0, 0.1) is 0 Å². The lowest BCUT2D eigenvalue weighted by molar-refractivity contribution is -0.116. The van der Waals surface area contributed by atoms with Crippen LogP contribution in [0.3, 0.4) is 0 Å². The van der Waals surface area contributed by atoms with Gasteiger partial charge in [-0.15, -0.1) is 0 Å². The summed E-state index contributed by atoms with van der Waals surface area (Å²) in [5, 5.41) is 5.47. The molecule has 0 bridgehead atoms. The van der Waals surface area contributed by atoms with Gasteiger partial charge in [0.1, 0.15) is 12.1 Å². The second-order valence-electron chi connectivity index (χ2n) is 5.26. The molecule has 8 heteroatoms. The third-order valence-electron chi connectivity index (χ3n) is 3.41. The highest BCUT2D eigenvalue weighted by atomic mass is 16.3. The summed E-state index contributed by atoms with van der Waals surface area (Å²) in [6.07, 6.45) is 8.96. The highest BCUT2D eigenvalue weighted by Gasteiger charge is 2.08. The van der Waals surface area contributed by atoms with Crippen LogP contribution in [0.4, 0.5) is 5.69 Å². The monoisotopic (exact) mass is 339 g/mol. The maximum atomic E-state index is 11.9. The number of hydrogen-bond acceptors (Lipinski definition) is 5. The van der Waals surface area contributed by atoms with E-state index in [2.05, 4.69) is 20.6 Å². The summed E-state index contributed by atoms with van der Waals surface area (Å²) in [5.74, 6) is 0.554. The van der Waals surface area contributed by atoms with Crippen LogP contribution in [0.2, 0.25) is 0 Å². The summed E-state index contributed by atoms with van der Waals surface area (Å²) < 4.78 is 6.76. The Morgan fingerprint density at radius 2 is 2.16 bits per heavy atom. The molecule has 0 radical (unpaired) electrons. The summed E-state index contributed by atoms with van der Waals surface area (Å²) in [5.41, 5.74) is 0.619. The zero-order valence-corrected chi connectivity index (χ0v) is 13.4. The molecule has 8 nitrogen and oxygen atoms in total. The van der Waals surface area contributed by atoms with Crippen molar-refractivity contribution >= 4 is 17.5 Å². The first-order valence-electron chi connectivity index (χ1n) is 7.78. The maximum Gasteiger partial charge on any atom is 0.286 e. The van der Waals surface area contributed by atoms with E-state index in [1.807, 2.05) is 0 Å². The molecule has 3 heterocycles. The minimum atomic E-state index is -0.287. The van der Waals surface area contributed by atoms with Gasteiger partial charge in [-0.1, -0.05) is 0 Å². The summed E-state index contributed by atoms with van der Waals surface area (Å²) in [4.78, 5) is 31.8. The Bertz CT molecular complexity index is 811. The van der Waals surface area contributed by atoms with Crippen molar-refractivity contribution in [2.45, 2.75) is 12.8 Å². The topological polar surface area (TPSA) is 102 Å². The first kappa shape index (κ1) is 16.4. The van der Waals surface area contributed by atoms with Crippen LogP contribution < -0.4 is 10.6 Å². The van der Waals surface area contributed by atoms with Crippen molar-refractivity contribution in [1.29, 1.82) is 0 Å². The molecule has 3 rings (SSSR count). The number of pyridine rings is 1. The standard InChI is InChI=1S/C17H17N5O3/c23-16(4-1-7-19-17(24)14-3-2-10-25-14)21-13-5-6-15(20-11-13)22-9-8-18-12-22/h2-3,5-6,8-12H,1,4,7H2,(H,19,24)(H,21,23). The van der Waals surface area contributed by atoms with Crippen molar-refractivity contribution in [2.24, 2.45) is 0 Å². The van der Waals surface area contributed by atoms with Crippen molar-refractivity contribution in [3.05, 3.63) is 61.2 Å². The van der Waals surface area contributed by atoms with E-state index in [-0.39, 0.29) is 17.6 Å². The van der Waals surface area contributed by atoms with Gasteiger partial charge in [0, 0.05) is 25.4 Å². The Morgan fingerprint density at radius 1 is 1.24 bits per heavy atom. The van der Waals surface area contributed by atoms with Gasteiger partial charge in [-0.3, -0.25) is 14.2 Å². The van der Waals surface area contributed by atoms with Gasteiger partial charge in [-0.25, -0.2) is 9.97 Å². The van der Waals surface area contributed by atoms with E-state index in [0.717, 1.165) is 5.82 Å². The van der Waals surface area contributed by atoms with E-state index >= 15 is 0 Å². The predicted octanol–water partition coefficient (Wildman–Crippen LogP) is 2.01. The Kier molecular flexibility index (Phi) is 5.20. The van der Waals surface area contributed by atoms with E-state index in [4.69, 9.17) is 4.42 Å². The number of imidazole rings is 1. The van der Waals surface area contributed by atoms with Gasteiger partial charge in [-0.2, -0.15) is 0 Å². The number of hydrogen-bond donors (Lipinski definition) is 2. The van der Waals surface area contributed by atoms with Crippen molar-refractivity contribution in [3.63, 3.8) is 0 Å². The van der Waals surface area contributed by atoms with E-state index in [1.165, 1.54) is 6.26 Å². The molecule has 128 valence electrons. The molecule has 3 aromatic rings. The van der Waals surface area contributed by atoms with Crippen LogP contribution in [-0.4, -0.2) is 32.9 Å². The predicted molar refractivity (Wildman–Crippen MR) is 90.3 cm³/mol. The molecule has 0 aromatic carbocycles. The lowest BCUT2D eigenvalue weighted by Crippen LogP contribution is -2.25. The highest BCUT2D eigenvalue weighted by molar-refractivity contribution is 5.92. The zero-order chi connectivity index (χ0) is 17.5. The third-order valence-corrected chi connectivity index (χ3v) is 3.41. The fraction of sp³-hybridized carbons (Fsp3) is 0.176. The van der Waals surface area contributed by atoms with Gasteiger partial charge in [-0.05, 0) is 30.7 Å². The first-order chi connectivity index (χ1) is 12.2. The SMILES string of the molecule is O=C(CCCNC(=O)c1ccco1)Nc1ccc(-n2ccnc2)nc1. The molecule has 0 atom stereocenters. The zero-order valence-electron chi connectivity index (χ0n) is 13.4. The number of amides is 2. The number of anilines is 1. The molecular formula is C17H17N5O3. The summed E-state index contributed by atoms with van der Waals surface area (Å²) in [6, 6.07) is 6.80.